The van der Waals surface area contributed by atoms with Gasteiger partial charge >= 0.3 is 0 Å². The van der Waals surface area contributed by atoms with Crippen molar-refractivity contribution in [3.8, 4) is 0 Å². The number of benzene rings is 1. The van der Waals surface area contributed by atoms with Crippen molar-refractivity contribution in [2.75, 3.05) is 44.2 Å². The molecule has 2 fully saturated rings. The number of nitrogens with one attached hydrogen (secondary N) is 1. The van der Waals surface area contributed by atoms with E-state index in [1.165, 1.54) is 0 Å². The summed E-state index contributed by atoms with van der Waals surface area (Å²) >= 11 is 3.31. The standard InChI is InChI=1S/C14H19BrN4O2/c15-11-1-2-13(14(9-11)19(20)21)18-6-3-12(10-18)17-7-4-16-5-8-17/h1-2,9,12,16H,3-8,10H2. The van der Waals surface area contributed by atoms with Crippen LogP contribution in [0, 0.1) is 10.1 Å². The molecule has 0 saturated carbocycles. The number of hydrogen-bond donors (Lipinski definition) is 1. The van der Waals surface area contributed by atoms with Gasteiger partial charge in [-0.1, -0.05) is 15.9 Å². The average Bonchev–Trinajstić information content (AvgIpc) is 2.97. The largest absolute Gasteiger partial charge is 0.364 e. The monoisotopic (exact) mass is 354 g/mol. The molecule has 0 aromatic heterocycles. The SMILES string of the molecule is O=[N+]([O-])c1cc(Br)ccc1N1CCC(N2CCNCC2)C1. The summed E-state index contributed by atoms with van der Waals surface area (Å²) in [5.74, 6) is 0. The normalized spacial score (nSPS) is 23.5. The van der Waals surface area contributed by atoms with Gasteiger partial charge in [-0.2, -0.15) is 0 Å². The smallest absolute Gasteiger partial charge is 0.293 e. The molecule has 1 atom stereocenters. The van der Waals surface area contributed by atoms with Crippen molar-refractivity contribution in [3.63, 3.8) is 0 Å². The fourth-order valence-corrected chi connectivity index (χ4v) is 3.57. The van der Waals surface area contributed by atoms with Crippen LogP contribution in [0.15, 0.2) is 22.7 Å². The van der Waals surface area contributed by atoms with Crippen LogP contribution in [0.3, 0.4) is 0 Å². The Morgan fingerprint density at radius 1 is 1.29 bits per heavy atom. The van der Waals surface area contributed by atoms with Gasteiger partial charge in [0.2, 0.25) is 0 Å². The Balaban J connectivity index is 1.75. The van der Waals surface area contributed by atoms with Crippen LogP contribution in [0.5, 0.6) is 0 Å². The Morgan fingerprint density at radius 2 is 2.05 bits per heavy atom. The van der Waals surface area contributed by atoms with Gasteiger partial charge in [-0.15, -0.1) is 0 Å². The Morgan fingerprint density at radius 3 is 2.76 bits per heavy atom. The lowest BCUT2D eigenvalue weighted by atomic mass is 10.2. The molecule has 2 aliphatic rings. The van der Waals surface area contributed by atoms with E-state index in [1.54, 1.807) is 6.07 Å². The van der Waals surface area contributed by atoms with Crippen molar-refractivity contribution in [1.29, 1.82) is 0 Å². The number of hydrogen-bond acceptors (Lipinski definition) is 5. The minimum Gasteiger partial charge on any atom is -0.364 e. The second kappa shape index (κ2) is 6.29. The van der Waals surface area contributed by atoms with Crippen LogP contribution in [0.25, 0.3) is 0 Å². The van der Waals surface area contributed by atoms with Gasteiger partial charge in [-0.3, -0.25) is 15.0 Å². The molecule has 0 radical (unpaired) electrons. The molecular formula is C14H19BrN4O2. The molecule has 114 valence electrons. The minimum atomic E-state index is -0.293. The number of anilines is 1. The first-order valence-corrected chi connectivity index (χ1v) is 8.08. The van der Waals surface area contributed by atoms with Gasteiger partial charge in [-0.25, -0.2) is 0 Å². The molecule has 1 unspecified atom stereocenters. The van der Waals surface area contributed by atoms with Crippen LogP contribution >= 0.6 is 15.9 Å². The average molecular weight is 355 g/mol. The zero-order valence-corrected chi connectivity index (χ0v) is 13.4. The molecule has 2 aliphatic heterocycles. The summed E-state index contributed by atoms with van der Waals surface area (Å²) in [5.41, 5.74) is 0.922. The van der Waals surface area contributed by atoms with Gasteiger partial charge in [0.1, 0.15) is 5.69 Å². The van der Waals surface area contributed by atoms with Crippen molar-refractivity contribution in [2.45, 2.75) is 12.5 Å². The molecular weight excluding hydrogens is 336 g/mol. The van der Waals surface area contributed by atoms with Gasteiger partial charge in [-0.05, 0) is 18.6 Å². The third-order valence-corrected chi connectivity index (χ3v) is 4.80. The number of rotatable bonds is 3. The number of nitrogens with zero attached hydrogens (tertiary/aromatic N) is 3. The van der Waals surface area contributed by atoms with E-state index in [1.807, 2.05) is 12.1 Å². The molecule has 0 amide bonds. The maximum absolute atomic E-state index is 11.3. The van der Waals surface area contributed by atoms with Crippen molar-refractivity contribution in [1.82, 2.24) is 10.2 Å². The summed E-state index contributed by atoms with van der Waals surface area (Å²) in [5, 5.41) is 14.6. The highest BCUT2D eigenvalue weighted by Crippen LogP contribution is 2.33. The Kier molecular flexibility index (Phi) is 4.42. The van der Waals surface area contributed by atoms with E-state index in [0.717, 1.165) is 55.8 Å². The van der Waals surface area contributed by atoms with Crippen LogP contribution in [0.4, 0.5) is 11.4 Å². The van der Waals surface area contributed by atoms with Crippen LogP contribution < -0.4 is 10.2 Å². The van der Waals surface area contributed by atoms with Crippen LogP contribution in [-0.2, 0) is 0 Å². The topological polar surface area (TPSA) is 61.7 Å². The van der Waals surface area contributed by atoms with E-state index < -0.39 is 0 Å². The van der Waals surface area contributed by atoms with Crippen molar-refractivity contribution in [3.05, 3.63) is 32.8 Å². The summed E-state index contributed by atoms with van der Waals surface area (Å²) < 4.78 is 0.746. The maximum atomic E-state index is 11.3. The summed E-state index contributed by atoms with van der Waals surface area (Å²) in [7, 11) is 0. The fraction of sp³-hybridized carbons (Fsp3) is 0.571. The van der Waals surface area contributed by atoms with Crippen molar-refractivity contribution in [2.24, 2.45) is 0 Å². The fourth-order valence-electron chi connectivity index (χ4n) is 3.22. The molecule has 1 aromatic rings. The third kappa shape index (κ3) is 3.20. The van der Waals surface area contributed by atoms with E-state index in [4.69, 9.17) is 0 Å². The molecule has 0 aliphatic carbocycles. The van der Waals surface area contributed by atoms with Gasteiger partial charge in [0.25, 0.3) is 5.69 Å². The third-order valence-electron chi connectivity index (χ3n) is 4.31. The summed E-state index contributed by atoms with van der Waals surface area (Å²) in [6, 6.07) is 5.83. The summed E-state index contributed by atoms with van der Waals surface area (Å²) in [6.45, 7) is 5.98. The highest BCUT2D eigenvalue weighted by Gasteiger charge is 2.31. The number of piperazine rings is 1. The zero-order chi connectivity index (χ0) is 14.8. The highest BCUT2D eigenvalue weighted by atomic mass is 79.9. The number of nitro benzene ring substituents is 1. The maximum Gasteiger partial charge on any atom is 0.293 e. The van der Waals surface area contributed by atoms with Gasteiger partial charge < -0.3 is 10.2 Å². The quantitative estimate of drug-likeness (QED) is 0.662. The molecule has 2 heterocycles. The predicted molar refractivity (Wildman–Crippen MR) is 85.9 cm³/mol. The second-order valence-corrected chi connectivity index (χ2v) is 6.48. The zero-order valence-electron chi connectivity index (χ0n) is 11.8. The summed E-state index contributed by atoms with van der Waals surface area (Å²) in [4.78, 5) is 15.6. The first kappa shape index (κ1) is 14.7. The Bertz CT molecular complexity index is 534. The van der Waals surface area contributed by atoms with Gasteiger partial charge in [0.05, 0.1) is 4.92 Å². The van der Waals surface area contributed by atoms with Crippen molar-refractivity contribution < 1.29 is 4.92 Å². The lowest BCUT2D eigenvalue weighted by Gasteiger charge is -2.32. The molecule has 2 saturated heterocycles. The molecule has 6 nitrogen and oxygen atoms in total. The van der Waals surface area contributed by atoms with Crippen LogP contribution in [0.2, 0.25) is 0 Å². The van der Waals surface area contributed by atoms with E-state index in [0.29, 0.717) is 6.04 Å². The number of halogens is 1. The first-order valence-electron chi connectivity index (χ1n) is 7.29. The molecule has 7 heteroatoms. The van der Waals surface area contributed by atoms with Crippen LogP contribution in [0.1, 0.15) is 6.42 Å². The van der Waals surface area contributed by atoms with E-state index in [2.05, 4.69) is 31.0 Å². The predicted octanol–water partition coefficient (Wildman–Crippen LogP) is 1.84. The van der Waals surface area contributed by atoms with Gasteiger partial charge in [0, 0.05) is 55.8 Å². The van der Waals surface area contributed by atoms with E-state index in [-0.39, 0.29) is 10.6 Å². The molecule has 3 rings (SSSR count). The number of nitro groups is 1. The molecule has 1 aromatic carbocycles. The molecule has 0 spiro atoms. The lowest BCUT2D eigenvalue weighted by molar-refractivity contribution is -0.384. The molecule has 1 N–H and O–H groups in total. The Labute approximate surface area is 132 Å². The lowest BCUT2D eigenvalue weighted by Crippen LogP contribution is -2.49. The molecule has 0 bridgehead atoms. The first-order chi connectivity index (χ1) is 10.1. The van der Waals surface area contributed by atoms with Crippen LogP contribution in [-0.4, -0.2) is 55.1 Å². The van der Waals surface area contributed by atoms with Crippen molar-refractivity contribution >= 4 is 27.3 Å². The Hall–Kier alpha value is -1.18. The highest BCUT2D eigenvalue weighted by molar-refractivity contribution is 9.10. The molecule has 21 heavy (non-hydrogen) atoms. The summed E-state index contributed by atoms with van der Waals surface area (Å²) in [6.07, 6.45) is 1.08. The van der Waals surface area contributed by atoms with E-state index in [9.17, 15) is 10.1 Å². The minimum absolute atomic E-state index is 0.185. The van der Waals surface area contributed by atoms with Gasteiger partial charge in [0.15, 0.2) is 0 Å². The second-order valence-electron chi connectivity index (χ2n) is 5.56. The van der Waals surface area contributed by atoms with E-state index >= 15 is 0 Å².